The summed E-state index contributed by atoms with van der Waals surface area (Å²) in [5.74, 6) is -0.239. The van der Waals surface area contributed by atoms with E-state index in [-0.39, 0.29) is 18.9 Å². The highest BCUT2D eigenvalue weighted by molar-refractivity contribution is 5.76. The van der Waals surface area contributed by atoms with Gasteiger partial charge in [0, 0.05) is 6.42 Å². The fraction of sp³-hybridized carbons (Fsp3) is 0.926. The number of carbonyl (C=O) groups excluding carboxylic acids is 1. The summed E-state index contributed by atoms with van der Waals surface area (Å²) < 4.78 is 23.0. The molecule has 12 atom stereocenters. The molecule has 0 bridgehead atoms. The van der Waals surface area contributed by atoms with Gasteiger partial charge in [-0.1, -0.05) is 436 Å². The predicted molar refractivity (Wildman–Crippen MR) is 452 cm³/mol. The Hall–Kier alpha value is -1.79. The first-order valence-electron chi connectivity index (χ1n) is 47.2. The Morgan fingerprint density at radius 2 is 0.593 bits per heavy atom. The Kier molecular flexibility index (Phi) is 73.7. The Balaban J connectivity index is 1.54. The molecule has 638 valence electrons. The molecule has 108 heavy (non-hydrogen) atoms. The van der Waals surface area contributed by atoms with Gasteiger partial charge in [-0.3, -0.25) is 4.79 Å². The number of unbranched alkanes of at least 4 members (excludes halogenated alkanes) is 65. The molecule has 14 heteroatoms. The Morgan fingerprint density at radius 1 is 0.324 bits per heavy atom. The monoisotopic (exact) mass is 1530 g/mol. The van der Waals surface area contributed by atoms with E-state index in [1.807, 2.05) is 6.08 Å². The molecule has 2 fully saturated rings. The van der Waals surface area contributed by atoms with Gasteiger partial charge in [0.15, 0.2) is 12.6 Å². The van der Waals surface area contributed by atoms with Crippen LogP contribution in [-0.2, 0) is 23.7 Å². The van der Waals surface area contributed by atoms with E-state index < -0.39 is 86.8 Å². The second-order valence-corrected chi connectivity index (χ2v) is 33.5. The van der Waals surface area contributed by atoms with Crippen molar-refractivity contribution >= 4 is 5.91 Å². The summed E-state index contributed by atoms with van der Waals surface area (Å²) in [5, 5.41) is 87.9. The molecule has 0 spiro atoms. The number of nitrogens with one attached hydrogen (secondary N) is 1. The number of hydrogen-bond donors (Lipinski definition) is 9. The number of allylic oxidation sites excluding steroid dienone is 5. The van der Waals surface area contributed by atoms with Gasteiger partial charge in [-0.2, -0.15) is 0 Å². The first-order valence-corrected chi connectivity index (χ1v) is 47.2. The lowest BCUT2D eigenvalue weighted by molar-refractivity contribution is -0.359. The zero-order valence-electron chi connectivity index (χ0n) is 70.6. The van der Waals surface area contributed by atoms with E-state index in [2.05, 4.69) is 43.5 Å². The Morgan fingerprint density at radius 3 is 0.907 bits per heavy atom. The van der Waals surface area contributed by atoms with Crippen LogP contribution in [0.3, 0.4) is 0 Å². The van der Waals surface area contributed by atoms with Crippen molar-refractivity contribution in [3.8, 4) is 0 Å². The quantitative estimate of drug-likeness (QED) is 0.0204. The molecule has 2 heterocycles. The maximum absolute atomic E-state index is 13.4. The lowest BCUT2D eigenvalue weighted by atomic mass is 9.97. The van der Waals surface area contributed by atoms with Crippen LogP contribution in [0, 0.1) is 0 Å². The maximum Gasteiger partial charge on any atom is 0.220 e. The lowest BCUT2D eigenvalue weighted by Crippen LogP contribution is -2.65. The highest BCUT2D eigenvalue weighted by Crippen LogP contribution is 2.31. The molecule has 2 aliphatic rings. The van der Waals surface area contributed by atoms with Gasteiger partial charge in [-0.05, 0) is 57.8 Å². The van der Waals surface area contributed by atoms with Crippen LogP contribution in [0.1, 0.15) is 463 Å². The van der Waals surface area contributed by atoms with Gasteiger partial charge in [0.25, 0.3) is 0 Å². The summed E-state index contributed by atoms with van der Waals surface area (Å²) in [5.41, 5.74) is 0. The molecular weight excluding hydrogens is 1350 g/mol. The third-order valence-electron chi connectivity index (χ3n) is 23.3. The number of hydrogen-bond acceptors (Lipinski definition) is 13. The fourth-order valence-electron chi connectivity index (χ4n) is 15.9. The molecule has 9 N–H and O–H groups in total. The van der Waals surface area contributed by atoms with Crippen LogP contribution in [0.4, 0.5) is 0 Å². The molecule has 0 radical (unpaired) electrons. The van der Waals surface area contributed by atoms with E-state index in [1.54, 1.807) is 6.08 Å². The topological polar surface area (TPSA) is 228 Å². The van der Waals surface area contributed by atoms with Crippen molar-refractivity contribution in [2.45, 2.75) is 537 Å². The zero-order valence-corrected chi connectivity index (χ0v) is 70.6. The van der Waals surface area contributed by atoms with E-state index in [0.717, 1.165) is 32.1 Å². The molecular formula is C94H179NO13. The fourth-order valence-corrected chi connectivity index (χ4v) is 15.9. The van der Waals surface area contributed by atoms with Crippen molar-refractivity contribution in [1.29, 1.82) is 0 Å². The number of carbonyl (C=O) groups is 1. The van der Waals surface area contributed by atoms with E-state index in [4.69, 9.17) is 18.9 Å². The van der Waals surface area contributed by atoms with Gasteiger partial charge >= 0.3 is 0 Å². The average Bonchev–Trinajstić information content (AvgIpc) is 0.789. The smallest absolute Gasteiger partial charge is 0.220 e. The summed E-state index contributed by atoms with van der Waals surface area (Å²) in [7, 11) is 0. The molecule has 14 nitrogen and oxygen atoms in total. The Bertz CT molecular complexity index is 1960. The first-order chi connectivity index (χ1) is 53.1. The lowest BCUT2D eigenvalue weighted by Gasteiger charge is -2.46. The second kappa shape index (κ2) is 77.8. The second-order valence-electron chi connectivity index (χ2n) is 33.5. The van der Waals surface area contributed by atoms with E-state index in [0.29, 0.717) is 12.8 Å². The van der Waals surface area contributed by atoms with Crippen molar-refractivity contribution in [3.63, 3.8) is 0 Å². The predicted octanol–water partition coefficient (Wildman–Crippen LogP) is 23.5. The molecule has 12 unspecified atom stereocenters. The standard InChI is InChI=1S/C94H179NO13/c1-3-5-7-9-11-13-15-17-19-21-23-25-27-29-31-33-35-37-38-39-40-41-42-43-44-46-48-50-52-54-56-58-60-62-64-66-68-70-72-74-76-78-86(99)95-82(81-105-93-91(104)89(102)92(85(80-97)107-93)108-94-90(103)88(101)87(100)84(79-96)106-94)83(98)77-75-73-71-69-67-65-63-61-59-57-55-53-51-49-47-45-36-34-32-30-28-26-24-22-20-18-16-14-12-10-8-6-4-2/h21,23,67,69,75,77,82-85,87-94,96-98,100-104H,3-20,22,24-66,68,70-74,76,78-81H2,1-2H3,(H,95,99)/b23-21-,69-67+,77-75+. The normalized spacial score (nSPS) is 21.2. The van der Waals surface area contributed by atoms with Crippen molar-refractivity contribution < 1.29 is 64.6 Å². The minimum atomic E-state index is -1.79. The summed E-state index contributed by atoms with van der Waals surface area (Å²) in [6, 6.07) is -0.933. The Labute approximate surface area is 665 Å². The number of rotatable bonds is 82. The maximum atomic E-state index is 13.4. The van der Waals surface area contributed by atoms with Gasteiger partial charge in [-0.15, -0.1) is 0 Å². The van der Waals surface area contributed by atoms with Crippen LogP contribution < -0.4 is 5.32 Å². The van der Waals surface area contributed by atoms with E-state index in [9.17, 15) is 45.6 Å². The van der Waals surface area contributed by atoms with Crippen molar-refractivity contribution in [2.75, 3.05) is 19.8 Å². The zero-order chi connectivity index (χ0) is 77.9. The van der Waals surface area contributed by atoms with Gasteiger partial charge in [-0.25, -0.2) is 0 Å². The highest BCUT2D eigenvalue weighted by atomic mass is 16.7. The SMILES string of the molecule is CCCCCCCCCC/C=C\CCCCCCCCCCCCCCCCCCCCCCCCCCCCCCCC(=O)NC(COC1OC(CO)C(OC2OC(CO)C(O)C(O)C2O)C(O)C1O)C(O)/C=C/CC/C=C/CCCCCCCCCCCCCCCCCCCCCCCCCCCCC. The van der Waals surface area contributed by atoms with Crippen LogP contribution in [0.5, 0.6) is 0 Å². The summed E-state index contributed by atoms with van der Waals surface area (Å²) in [6.45, 7) is 2.86. The molecule has 0 aliphatic carbocycles. The summed E-state index contributed by atoms with van der Waals surface area (Å²) in [4.78, 5) is 13.4. The van der Waals surface area contributed by atoms with E-state index in [1.165, 1.54) is 398 Å². The number of aliphatic hydroxyl groups is 8. The highest BCUT2D eigenvalue weighted by Gasteiger charge is 2.51. The first kappa shape index (κ1) is 102. The molecule has 2 saturated heterocycles. The van der Waals surface area contributed by atoms with Gasteiger partial charge in [0.1, 0.15) is 48.8 Å². The average molecular weight is 1530 g/mol. The van der Waals surface area contributed by atoms with E-state index >= 15 is 0 Å². The molecule has 0 aromatic heterocycles. The molecule has 2 rings (SSSR count). The number of aliphatic hydroxyl groups excluding tert-OH is 8. The third-order valence-corrected chi connectivity index (χ3v) is 23.3. The number of amides is 1. The molecule has 0 aromatic carbocycles. The minimum Gasteiger partial charge on any atom is -0.394 e. The summed E-state index contributed by atoms with van der Waals surface area (Å²) >= 11 is 0. The summed E-state index contributed by atoms with van der Waals surface area (Å²) in [6.07, 6.45) is 88.7. The van der Waals surface area contributed by atoms with Crippen LogP contribution >= 0.6 is 0 Å². The van der Waals surface area contributed by atoms with Crippen molar-refractivity contribution in [1.82, 2.24) is 5.32 Å². The third kappa shape index (κ3) is 59.0. The van der Waals surface area contributed by atoms with Crippen LogP contribution in [0.25, 0.3) is 0 Å². The van der Waals surface area contributed by atoms with Crippen molar-refractivity contribution in [2.24, 2.45) is 0 Å². The van der Waals surface area contributed by atoms with Crippen LogP contribution in [-0.4, -0.2) is 140 Å². The largest absolute Gasteiger partial charge is 0.394 e. The van der Waals surface area contributed by atoms with Gasteiger partial charge in [0.2, 0.25) is 5.91 Å². The van der Waals surface area contributed by atoms with Crippen molar-refractivity contribution in [3.05, 3.63) is 36.5 Å². The number of ether oxygens (including phenoxy) is 4. The van der Waals surface area contributed by atoms with Crippen LogP contribution in [0.2, 0.25) is 0 Å². The molecule has 0 aromatic rings. The van der Waals surface area contributed by atoms with Gasteiger partial charge < -0.3 is 65.1 Å². The molecule has 2 aliphatic heterocycles. The van der Waals surface area contributed by atoms with Gasteiger partial charge in [0.05, 0.1) is 32.0 Å². The molecule has 0 saturated carbocycles. The van der Waals surface area contributed by atoms with Crippen LogP contribution in [0.15, 0.2) is 36.5 Å². The minimum absolute atomic E-state index is 0.239. The molecule has 1 amide bonds.